The summed E-state index contributed by atoms with van der Waals surface area (Å²) in [7, 11) is 0. The molecule has 24 heavy (non-hydrogen) atoms. The summed E-state index contributed by atoms with van der Waals surface area (Å²) in [5, 5.41) is 4.92. The van der Waals surface area contributed by atoms with E-state index in [0.29, 0.717) is 25.9 Å². The number of thiophene rings is 1. The van der Waals surface area contributed by atoms with E-state index in [9.17, 15) is 9.59 Å². The fourth-order valence-electron chi connectivity index (χ4n) is 2.58. The molecule has 5 heteroatoms. The van der Waals surface area contributed by atoms with Crippen molar-refractivity contribution >= 4 is 23.2 Å². The van der Waals surface area contributed by atoms with Gasteiger partial charge in [0.2, 0.25) is 11.8 Å². The Bertz CT molecular complexity index is 637. The molecule has 0 bridgehead atoms. The Morgan fingerprint density at radius 2 is 1.79 bits per heavy atom. The molecule has 0 saturated carbocycles. The van der Waals surface area contributed by atoms with Crippen LogP contribution in [0.4, 0.5) is 0 Å². The SMILES string of the molecule is CCN(CC)C(=O)[C@@H](NC(=O)CCc1cccs1)c1ccccc1. The van der Waals surface area contributed by atoms with Gasteiger partial charge in [-0.05, 0) is 37.3 Å². The van der Waals surface area contributed by atoms with Crippen molar-refractivity contribution < 1.29 is 9.59 Å². The fraction of sp³-hybridized carbons (Fsp3) is 0.368. The Hall–Kier alpha value is -2.14. The van der Waals surface area contributed by atoms with Crippen LogP contribution in [-0.2, 0) is 16.0 Å². The van der Waals surface area contributed by atoms with Crippen molar-refractivity contribution in [2.45, 2.75) is 32.7 Å². The lowest BCUT2D eigenvalue weighted by Crippen LogP contribution is -2.42. The van der Waals surface area contributed by atoms with Crippen LogP contribution in [0.3, 0.4) is 0 Å². The molecular weight excluding hydrogens is 320 g/mol. The summed E-state index contributed by atoms with van der Waals surface area (Å²) >= 11 is 1.64. The van der Waals surface area contributed by atoms with Crippen molar-refractivity contribution in [3.8, 4) is 0 Å². The first-order chi connectivity index (χ1) is 11.7. The standard InChI is InChI=1S/C19H24N2O2S/c1-3-21(4-2)19(23)18(15-9-6-5-7-10-15)20-17(22)13-12-16-11-8-14-24-16/h5-11,14,18H,3-4,12-13H2,1-2H3,(H,20,22)/t18-/m0/s1. The molecule has 0 aliphatic carbocycles. The molecule has 0 aliphatic rings. The number of benzene rings is 1. The van der Waals surface area contributed by atoms with Crippen LogP contribution in [0.25, 0.3) is 0 Å². The first-order valence-electron chi connectivity index (χ1n) is 8.31. The molecule has 0 radical (unpaired) electrons. The van der Waals surface area contributed by atoms with E-state index < -0.39 is 6.04 Å². The van der Waals surface area contributed by atoms with E-state index in [-0.39, 0.29) is 11.8 Å². The highest BCUT2D eigenvalue weighted by atomic mass is 32.1. The molecular formula is C19H24N2O2S. The Kier molecular flexibility index (Phi) is 7.00. The zero-order valence-electron chi connectivity index (χ0n) is 14.2. The number of hydrogen-bond acceptors (Lipinski definition) is 3. The van der Waals surface area contributed by atoms with Crippen LogP contribution >= 0.6 is 11.3 Å². The number of carbonyl (C=O) groups excluding carboxylic acids is 2. The van der Waals surface area contributed by atoms with Crippen molar-refractivity contribution in [3.05, 3.63) is 58.3 Å². The Morgan fingerprint density at radius 3 is 2.38 bits per heavy atom. The lowest BCUT2D eigenvalue weighted by atomic mass is 10.0. The molecule has 0 spiro atoms. The van der Waals surface area contributed by atoms with Gasteiger partial charge in [-0.3, -0.25) is 9.59 Å². The third-order valence-corrected chi connectivity index (χ3v) is 4.88. The third-order valence-electron chi connectivity index (χ3n) is 3.94. The highest BCUT2D eigenvalue weighted by molar-refractivity contribution is 7.09. The predicted octanol–water partition coefficient (Wildman–Crippen LogP) is 3.41. The van der Waals surface area contributed by atoms with Crippen molar-refractivity contribution in [2.24, 2.45) is 0 Å². The van der Waals surface area contributed by atoms with E-state index in [0.717, 1.165) is 5.56 Å². The molecule has 0 saturated heterocycles. The number of rotatable bonds is 8. The van der Waals surface area contributed by atoms with Crippen molar-refractivity contribution in [3.63, 3.8) is 0 Å². The number of likely N-dealkylation sites (N-methyl/N-ethyl adjacent to an activating group) is 1. The maximum Gasteiger partial charge on any atom is 0.249 e. The Morgan fingerprint density at radius 1 is 1.08 bits per heavy atom. The molecule has 1 aromatic heterocycles. The van der Waals surface area contributed by atoms with E-state index in [4.69, 9.17) is 0 Å². The van der Waals surface area contributed by atoms with Crippen molar-refractivity contribution in [1.82, 2.24) is 10.2 Å². The quantitative estimate of drug-likeness (QED) is 0.798. The highest BCUT2D eigenvalue weighted by Gasteiger charge is 2.25. The van der Waals surface area contributed by atoms with E-state index >= 15 is 0 Å². The lowest BCUT2D eigenvalue weighted by Gasteiger charge is -2.26. The molecule has 1 N–H and O–H groups in total. The summed E-state index contributed by atoms with van der Waals surface area (Å²) in [4.78, 5) is 28.1. The summed E-state index contributed by atoms with van der Waals surface area (Å²) < 4.78 is 0. The number of amides is 2. The maximum absolute atomic E-state index is 12.8. The normalized spacial score (nSPS) is 11.8. The van der Waals surface area contributed by atoms with Crippen LogP contribution in [0, 0.1) is 0 Å². The molecule has 0 unspecified atom stereocenters. The second-order valence-corrected chi connectivity index (χ2v) is 6.53. The largest absolute Gasteiger partial charge is 0.341 e. The van der Waals surface area contributed by atoms with E-state index in [1.165, 1.54) is 4.88 Å². The predicted molar refractivity (Wildman–Crippen MR) is 97.9 cm³/mol. The van der Waals surface area contributed by atoms with Crippen LogP contribution in [0.2, 0.25) is 0 Å². The third kappa shape index (κ3) is 4.93. The summed E-state index contributed by atoms with van der Waals surface area (Å²) in [5.74, 6) is -0.159. The minimum Gasteiger partial charge on any atom is -0.341 e. The van der Waals surface area contributed by atoms with Crippen LogP contribution in [0.1, 0.15) is 36.8 Å². The molecule has 2 amide bonds. The monoisotopic (exact) mass is 344 g/mol. The fourth-order valence-corrected chi connectivity index (χ4v) is 3.28. The second-order valence-electron chi connectivity index (χ2n) is 5.50. The van der Waals surface area contributed by atoms with Gasteiger partial charge in [0.1, 0.15) is 6.04 Å². The smallest absolute Gasteiger partial charge is 0.249 e. The molecule has 1 aromatic carbocycles. The lowest BCUT2D eigenvalue weighted by molar-refractivity contribution is -0.136. The van der Waals surface area contributed by atoms with Crippen LogP contribution in [-0.4, -0.2) is 29.8 Å². The maximum atomic E-state index is 12.8. The van der Waals surface area contributed by atoms with E-state index in [2.05, 4.69) is 5.32 Å². The number of nitrogens with zero attached hydrogens (tertiary/aromatic N) is 1. The average molecular weight is 344 g/mol. The first kappa shape index (κ1) is 18.2. The van der Waals surface area contributed by atoms with Crippen LogP contribution in [0.5, 0.6) is 0 Å². The van der Waals surface area contributed by atoms with Gasteiger partial charge in [-0.15, -0.1) is 11.3 Å². The highest BCUT2D eigenvalue weighted by Crippen LogP contribution is 2.17. The molecule has 1 heterocycles. The van der Waals surface area contributed by atoms with Gasteiger partial charge in [-0.1, -0.05) is 36.4 Å². The summed E-state index contributed by atoms with van der Waals surface area (Å²) in [6, 6.07) is 12.8. The molecule has 128 valence electrons. The van der Waals surface area contributed by atoms with Crippen molar-refractivity contribution in [1.29, 1.82) is 0 Å². The van der Waals surface area contributed by atoms with Crippen LogP contribution < -0.4 is 5.32 Å². The van der Waals surface area contributed by atoms with Gasteiger partial charge in [0, 0.05) is 24.4 Å². The molecule has 0 aliphatic heterocycles. The van der Waals surface area contributed by atoms with Gasteiger partial charge < -0.3 is 10.2 Å². The second kappa shape index (κ2) is 9.23. The van der Waals surface area contributed by atoms with Crippen molar-refractivity contribution in [2.75, 3.05) is 13.1 Å². The number of carbonyl (C=O) groups is 2. The molecule has 2 rings (SSSR count). The Balaban J connectivity index is 2.07. The molecule has 4 nitrogen and oxygen atoms in total. The molecule has 2 aromatic rings. The van der Waals surface area contributed by atoms with Gasteiger partial charge >= 0.3 is 0 Å². The molecule has 1 atom stereocenters. The zero-order valence-corrected chi connectivity index (χ0v) is 15.0. The minimum absolute atomic E-state index is 0.0596. The van der Waals surface area contributed by atoms with Gasteiger partial charge in [0.25, 0.3) is 0 Å². The minimum atomic E-state index is -0.623. The van der Waals surface area contributed by atoms with Gasteiger partial charge in [0.15, 0.2) is 0 Å². The average Bonchev–Trinajstić information content (AvgIpc) is 3.13. The Labute approximate surface area is 147 Å². The summed E-state index contributed by atoms with van der Waals surface area (Å²) in [6.07, 6.45) is 1.08. The topological polar surface area (TPSA) is 49.4 Å². The van der Waals surface area contributed by atoms with Gasteiger partial charge in [-0.2, -0.15) is 0 Å². The number of nitrogens with one attached hydrogen (secondary N) is 1. The number of hydrogen-bond donors (Lipinski definition) is 1. The van der Waals surface area contributed by atoms with E-state index in [1.54, 1.807) is 16.2 Å². The first-order valence-corrected chi connectivity index (χ1v) is 9.19. The van der Waals surface area contributed by atoms with Gasteiger partial charge in [0.05, 0.1) is 0 Å². The zero-order chi connectivity index (χ0) is 17.4. The summed E-state index contributed by atoms with van der Waals surface area (Å²) in [6.45, 7) is 5.15. The van der Waals surface area contributed by atoms with Crippen LogP contribution in [0.15, 0.2) is 47.8 Å². The number of aryl methyl sites for hydroxylation is 1. The summed E-state index contributed by atoms with van der Waals surface area (Å²) in [5.41, 5.74) is 0.818. The molecule has 0 fully saturated rings. The van der Waals surface area contributed by atoms with Gasteiger partial charge in [-0.25, -0.2) is 0 Å². The van der Waals surface area contributed by atoms with E-state index in [1.807, 2.05) is 61.7 Å².